The summed E-state index contributed by atoms with van der Waals surface area (Å²) < 4.78 is 17.5. The number of benzene rings is 1. The number of anilines is 1. The Morgan fingerprint density at radius 2 is 1.94 bits per heavy atom. The molecular formula is C28H27N5O3. The molecule has 0 atom stereocenters. The van der Waals surface area contributed by atoms with Gasteiger partial charge in [0.05, 0.1) is 37.4 Å². The quantitative estimate of drug-likeness (QED) is 0.436. The first-order valence-corrected chi connectivity index (χ1v) is 12.8. The van der Waals surface area contributed by atoms with Crippen molar-refractivity contribution in [3.8, 4) is 11.4 Å². The SMILES string of the molecule is C1=Cc2c(cccc2-c2nc(N3CCOCC3)c3oc4ncc(CN5CCC56COC6)cc4c3n2)C1. The first-order valence-electron chi connectivity index (χ1n) is 12.8. The normalized spacial score (nSPS) is 20.7. The summed E-state index contributed by atoms with van der Waals surface area (Å²) in [4.78, 5) is 19.7. The van der Waals surface area contributed by atoms with Gasteiger partial charge >= 0.3 is 0 Å². The van der Waals surface area contributed by atoms with Gasteiger partial charge in [0.15, 0.2) is 17.2 Å². The van der Waals surface area contributed by atoms with Gasteiger partial charge in [-0.1, -0.05) is 30.4 Å². The lowest BCUT2D eigenvalue weighted by Gasteiger charge is -2.57. The van der Waals surface area contributed by atoms with Crippen LogP contribution >= 0.6 is 0 Å². The first-order chi connectivity index (χ1) is 17.8. The Kier molecular flexibility index (Phi) is 4.53. The van der Waals surface area contributed by atoms with E-state index in [1.165, 1.54) is 23.1 Å². The summed E-state index contributed by atoms with van der Waals surface area (Å²) in [6.45, 7) is 6.54. The van der Waals surface area contributed by atoms with Crippen molar-refractivity contribution in [2.45, 2.75) is 24.9 Å². The fraction of sp³-hybridized carbons (Fsp3) is 0.393. The summed E-state index contributed by atoms with van der Waals surface area (Å²) in [5.41, 5.74) is 7.14. The molecule has 3 saturated heterocycles. The first kappa shape index (κ1) is 20.8. The number of ether oxygens (including phenoxy) is 2. The number of rotatable bonds is 4. The minimum atomic E-state index is 0.244. The average molecular weight is 482 g/mol. The van der Waals surface area contributed by atoms with Gasteiger partial charge in [0.25, 0.3) is 0 Å². The number of hydrogen-bond donors (Lipinski definition) is 0. The monoisotopic (exact) mass is 481 g/mol. The number of aromatic nitrogens is 3. The number of furan rings is 1. The molecular weight excluding hydrogens is 454 g/mol. The molecule has 1 aliphatic carbocycles. The summed E-state index contributed by atoms with van der Waals surface area (Å²) in [7, 11) is 0. The summed E-state index contributed by atoms with van der Waals surface area (Å²) in [5.74, 6) is 1.56. The van der Waals surface area contributed by atoms with Gasteiger partial charge in [-0.2, -0.15) is 0 Å². The van der Waals surface area contributed by atoms with Gasteiger partial charge in [0.1, 0.15) is 5.52 Å². The van der Waals surface area contributed by atoms with E-state index in [0.717, 1.165) is 73.9 Å². The zero-order valence-electron chi connectivity index (χ0n) is 20.1. The second-order valence-electron chi connectivity index (χ2n) is 10.3. The predicted octanol–water partition coefficient (Wildman–Crippen LogP) is 3.82. The lowest BCUT2D eigenvalue weighted by atomic mass is 9.82. The Hall–Kier alpha value is -3.33. The molecule has 8 rings (SSSR count). The fourth-order valence-corrected chi connectivity index (χ4v) is 5.96. The number of fused-ring (bicyclic) bond motifs is 4. The van der Waals surface area contributed by atoms with E-state index in [4.69, 9.17) is 28.8 Å². The van der Waals surface area contributed by atoms with E-state index in [0.29, 0.717) is 24.5 Å². The number of morpholine rings is 1. The third-order valence-electron chi connectivity index (χ3n) is 8.21. The molecule has 3 fully saturated rings. The molecule has 0 bridgehead atoms. The van der Waals surface area contributed by atoms with Crippen molar-refractivity contribution in [1.29, 1.82) is 0 Å². The van der Waals surface area contributed by atoms with E-state index in [1.54, 1.807) is 0 Å². The Morgan fingerprint density at radius 3 is 2.75 bits per heavy atom. The van der Waals surface area contributed by atoms with Crippen LogP contribution in [-0.2, 0) is 22.4 Å². The molecule has 4 aliphatic rings. The maximum Gasteiger partial charge on any atom is 0.229 e. The number of hydrogen-bond acceptors (Lipinski definition) is 8. The van der Waals surface area contributed by atoms with Crippen LogP contribution in [0, 0.1) is 0 Å². The van der Waals surface area contributed by atoms with E-state index >= 15 is 0 Å². The van der Waals surface area contributed by atoms with Gasteiger partial charge in [-0.3, -0.25) is 4.90 Å². The molecule has 4 aromatic rings. The van der Waals surface area contributed by atoms with Crippen LogP contribution in [0.25, 0.3) is 39.7 Å². The number of pyridine rings is 1. The molecule has 8 nitrogen and oxygen atoms in total. The predicted molar refractivity (Wildman–Crippen MR) is 137 cm³/mol. The van der Waals surface area contributed by atoms with Crippen LogP contribution in [0.15, 0.2) is 41.0 Å². The standard InChI is InChI=1S/C28H27N5O3/c1-3-19-4-2-6-21(20(19)5-1)25-30-23-22-13-18(15-33-8-7-28(33)16-35-17-28)14-29-27(22)36-24(23)26(31-25)32-9-11-34-12-10-32/h1-2,4-6,13-14H,3,7-12,15-17H2. The topological polar surface area (TPSA) is 76.8 Å². The molecule has 8 heteroatoms. The summed E-state index contributed by atoms with van der Waals surface area (Å²) >= 11 is 0. The highest BCUT2D eigenvalue weighted by atomic mass is 16.5. The fourth-order valence-electron chi connectivity index (χ4n) is 5.96. The smallest absolute Gasteiger partial charge is 0.229 e. The molecule has 0 saturated carbocycles. The average Bonchev–Trinajstić information content (AvgIpc) is 3.50. The summed E-state index contributed by atoms with van der Waals surface area (Å²) in [5, 5.41) is 0.947. The van der Waals surface area contributed by atoms with Gasteiger partial charge in [-0.15, -0.1) is 0 Å². The highest BCUT2D eigenvalue weighted by Crippen LogP contribution is 2.40. The molecule has 6 heterocycles. The van der Waals surface area contributed by atoms with Crippen molar-refractivity contribution < 1.29 is 13.9 Å². The van der Waals surface area contributed by atoms with E-state index < -0.39 is 0 Å². The zero-order chi connectivity index (χ0) is 23.7. The molecule has 0 radical (unpaired) electrons. The Bertz CT molecular complexity index is 1530. The highest BCUT2D eigenvalue weighted by molar-refractivity contribution is 6.05. The van der Waals surface area contributed by atoms with Crippen LogP contribution in [0.3, 0.4) is 0 Å². The van der Waals surface area contributed by atoms with Crippen molar-refractivity contribution >= 4 is 34.1 Å². The van der Waals surface area contributed by atoms with Gasteiger partial charge in [0, 0.05) is 37.9 Å². The lowest BCUT2D eigenvalue weighted by molar-refractivity contribution is -0.195. The second kappa shape index (κ2) is 7.83. The third kappa shape index (κ3) is 3.08. The van der Waals surface area contributed by atoms with Crippen molar-refractivity contribution in [2.24, 2.45) is 0 Å². The molecule has 36 heavy (non-hydrogen) atoms. The van der Waals surface area contributed by atoms with Crippen LogP contribution in [0.5, 0.6) is 0 Å². The maximum absolute atomic E-state index is 6.33. The van der Waals surface area contributed by atoms with Gasteiger partial charge in [-0.05, 0) is 35.6 Å². The molecule has 182 valence electrons. The molecule has 1 aromatic carbocycles. The summed E-state index contributed by atoms with van der Waals surface area (Å²) in [6.07, 6.45) is 8.49. The third-order valence-corrected chi connectivity index (χ3v) is 8.21. The van der Waals surface area contributed by atoms with Crippen molar-refractivity contribution in [2.75, 3.05) is 51.0 Å². The van der Waals surface area contributed by atoms with Crippen LogP contribution in [0.2, 0.25) is 0 Å². The van der Waals surface area contributed by atoms with E-state index in [2.05, 4.69) is 46.2 Å². The minimum Gasteiger partial charge on any atom is -0.432 e. The molecule has 0 unspecified atom stereocenters. The largest absolute Gasteiger partial charge is 0.432 e. The second-order valence-corrected chi connectivity index (χ2v) is 10.3. The van der Waals surface area contributed by atoms with E-state index in [1.807, 2.05) is 6.20 Å². The lowest BCUT2D eigenvalue weighted by Crippen LogP contribution is -2.70. The van der Waals surface area contributed by atoms with Crippen LogP contribution in [0.1, 0.15) is 23.1 Å². The summed E-state index contributed by atoms with van der Waals surface area (Å²) in [6, 6.07) is 8.60. The van der Waals surface area contributed by atoms with Gasteiger partial charge in [0.2, 0.25) is 5.71 Å². The molecule has 3 aliphatic heterocycles. The number of nitrogens with zero attached hydrogens (tertiary/aromatic N) is 5. The molecule has 1 spiro atoms. The molecule has 0 N–H and O–H groups in total. The molecule has 3 aromatic heterocycles. The maximum atomic E-state index is 6.33. The Balaban J connectivity index is 1.28. The highest BCUT2D eigenvalue weighted by Gasteiger charge is 2.50. The van der Waals surface area contributed by atoms with Crippen LogP contribution in [0.4, 0.5) is 5.82 Å². The van der Waals surface area contributed by atoms with Crippen molar-refractivity contribution in [1.82, 2.24) is 19.9 Å². The van der Waals surface area contributed by atoms with E-state index in [-0.39, 0.29) is 5.54 Å². The number of likely N-dealkylation sites (tertiary alicyclic amines) is 1. The van der Waals surface area contributed by atoms with Crippen LogP contribution < -0.4 is 4.90 Å². The molecule has 0 amide bonds. The van der Waals surface area contributed by atoms with Gasteiger partial charge in [-0.25, -0.2) is 15.0 Å². The Morgan fingerprint density at radius 1 is 1.03 bits per heavy atom. The Labute approximate surface area is 208 Å². The van der Waals surface area contributed by atoms with Crippen molar-refractivity contribution in [3.63, 3.8) is 0 Å². The van der Waals surface area contributed by atoms with Gasteiger partial charge < -0.3 is 18.8 Å². The zero-order valence-corrected chi connectivity index (χ0v) is 20.1. The van der Waals surface area contributed by atoms with E-state index in [9.17, 15) is 0 Å². The number of allylic oxidation sites excluding steroid dienone is 1. The van der Waals surface area contributed by atoms with Crippen LogP contribution in [-0.4, -0.2) is 71.5 Å². The van der Waals surface area contributed by atoms with Crippen molar-refractivity contribution in [3.05, 3.63) is 53.2 Å². The minimum absolute atomic E-state index is 0.244.